The molecule has 2 aromatic rings. The van der Waals surface area contributed by atoms with Gasteiger partial charge in [0.05, 0.1) is 0 Å². The van der Waals surface area contributed by atoms with Crippen molar-refractivity contribution in [2.24, 2.45) is 0 Å². The van der Waals surface area contributed by atoms with Crippen LogP contribution < -0.4 is 0 Å². The van der Waals surface area contributed by atoms with E-state index in [0.29, 0.717) is 11.1 Å². The first-order valence-electron chi connectivity index (χ1n) is 6.99. The Labute approximate surface area is 123 Å². The molecule has 106 valence electrons. The van der Waals surface area contributed by atoms with E-state index in [0.717, 1.165) is 25.2 Å². The van der Waals surface area contributed by atoms with Crippen LogP contribution in [-0.4, -0.2) is 23.8 Å². The number of ketones is 1. The number of nitrogens with zero attached hydrogens (tertiary/aromatic N) is 1. The lowest BCUT2D eigenvalue weighted by molar-refractivity contribution is 0.103. The van der Waals surface area contributed by atoms with Gasteiger partial charge in [0.1, 0.15) is 5.82 Å². The molecule has 1 heterocycles. The van der Waals surface area contributed by atoms with E-state index in [1.807, 2.05) is 24.3 Å². The van der Waals surface area contributed by atoms with E-state index < -0.39 is 0 Å². The Kier molecular flexibility index (Phi) is 3.93. The van der Waals surface area contributed by atoms with Crippen molar-refractivity contribution in [2.45, 2.75) is 6.54 Å². The molecule has 0 N–H and O–H groups in total. The maximum absolute atomic E-state index is 13.0. The van der Waals surface area contributed by atoms with Crippen molar-refractivity contribution in [1.82, 2.24) is 4.90 Å². The second-order valence-electron chi connectivity index (χ2n) is 5.16. The van der Waals surface area contributed by atoms with Crippen LogP contribution in [0.3, 0.4) is 0 Å². The van der Waals surface area contributed by atoms with Crippen LogP contribution in [0, 0.1) is 5.82 Å². The minimum absolute atomic E-state index is 0.0576. The number of benzene rings is 2. The first-order chi connectivity index (χ1) is 10.2. The molecule has 0 saturated heterocycles. The van der Waals surface area contributed by atoms with Crippen LogP contribution in [-0.2, 0) is 6.54 Å². The standard InChI is InChI=1S/C18H16FNO/c19-16-9-7-14(8-10-16)18(21)17-6-2-1-5-15(17)13-20-11-3-4-12-20/h1-10H,11-13H2. The summed E-state index contributed by atoms with van der Waals surface area (Å²) in [5.74, 6) is -0.388. The average molecular weight is 281 g/mol. The van der Waals surface area contributed by atoms with E-state index in [1.165, 1.54) is 24.3 Å². The van der Waals surface area contributed by atoms with Crippen LogP contribution in [0.15, 0.2) is 60.7 Å². The molecular formula is C18H16FNO. The highest BCUT2D eigenvalue weighted by Gasteiger charge is 2.15. The molecule has 0 spiro atoms. The van der Waals surface area contributed by atoms with Gasteiger partial charge in [-0.1, -0.05) is 36.4 Å². The van der Waals surface area contributed by atoms with Gasteiger partial charge < -0.3 is 0 Å². The van der Waals surface area contributed by atoms with Gasteiger partial charge in [-0.3, -0.25) is 9.69 Å². The first-order valence-corrected chi connectivity index (χ1v) is 6.99. The van der Waals surface area contributed by atoms with Crippen LogP contribution in [0.4, 0.5) is 4.39 Å². The molecule has 2 nitrogen and oxygen atoms in total. The predicted molar refractivity (Wildman–Crippen MR) is 80.7 cm³/mol. The zero-order valence-corrected chi connectivity index (χ0v) is 11.6. The lowest BCUT2D eigenvalue weighted by atomic mass is 9.98. The molecule has 1 aliphatic rings. The van der Waals surface area contributed by atoms with Crippen LogP contribution in [0.25, 0.3) is 0 Å². The first kappa shape index (κ1) is 13.7. The lowest BCUT2D eigenvalue weighted by Gasteiger charge is -2.17. The summed E-state index contributed by atoms with van der Waals surface area (Å²) in [6.07, 6.45) is 4.26. The van der Waals surface area contributed by atoms with Crippen molar-refractivity contribution in [3.8, 4) is 0 Å². The third kappa shape index (κ3) is 3.09. The van der Waals surface area contributed by atoms with E-state index in [1.54, 1.807) is 0 Å². The molecule has 0 aromatic heterocycles. The van der Waals surface area contributed by atoms with Crippen LogP contribution in [0.2, 0.25) is 0 Å². The quantitative estimate of drug-likeness (QED) is 0.632. The molecule has 1 aliphatic heterocycles. The topological polar surface area (TPSA) is 20.3 Å². The summed E-state index contributed by atoms with van der Waals surface area (Å²) in [5.41, 5.74) is 2.22. The van der Waals surface area contributed by atoms with Crippen molar-refractivity contribution in [3.63, 3.8) is 0 Å². The molecule has 0 radical (unpaired) electrons. The van der Waals surface area contributed by atoms with E-state index in [4.69, 9.17) is 0 Å². The van der Waals surface area contributed by atoms with Gasteiger partial charge in [0.2, 0.25) is 0 Å². The minimum atomic E-state index is -0.331. The Balaban J connectivity index is 1.87. The second-order valence-corrected chi connectivity index (χ2v) is 5.16. The number of rotatable bonds is 4. The van der Waals surface area contributed by atoms with Gasteiger partial charge in [0.25, 0.3) is 0 Å². The summed E-state index contributed by atoms with van der Waals surface area (Å²) in [6, 6.07) is 13.3. The van der Waals surface area contributed by atoms with Crippen LogP contribution in [0.1, 0.15) is 21.5 Å². The third-order valence-corrected chi connectivity index (χ3v) is 3.66. The number of halogens is 1. The largest absolute Gasteiger partial charge is 0.292 e. The number of hydrogen-bond acceptors (Lipinski definition) is 2. The normalized spacial score (nSPS) is 14.5. The van der Waals surface area contributed by atoms with Gasteiger partial charge in [-0.2, -0.15) is 0 Å². The molecule has 21 heavy (non-hydrogen) atoms. The zero-order chi connectivity index (χ0) is 14.7. The molecule has 3 heteroatoms. The summed E-state index contributed by atoms with van der Waals surface area (Å²) >= 11 is 0. The Morgan fingerprint density at radius 2 is 1.67 bits per heavy atom. The van der Waals surface area contributed by atoms with Crippen molar-refractivity contribution in [3.05, 3.63) is 83.2 Å². The third-order valence-electron chi connectivity index (χ3n) is 3.66. The Hall–Kier alpha value is -2.26. The van der Waals surface area contributed by atoms with Crippen LogP contribution in [0.5, 0.6) is 0 Å². The SMILES string of the molecule is O=C(c1ccc(F)cc1)c1ccccc1CN1CC=CC1. The van der Waals surface area contributed by atoms with Gasteiger partial charge in [-0.15, -0.1) is 0 Å². The lowest BCUT2D eigenvalue weighted by Crippen LogP contribution is -2.21. The Morgan fingerprint density at radius 1 is 1.00 bits per heavy atom. The molecular weight excluding hydrogens is 265 g/mol. The van der Waals surface area contributed by atoms with Gasteiger partial charge >= 0.3 is 0 Å². The summed E-state index contributed by atoms with van der Waals surface area (Å²) in [4.78, 5) is 14.9. The fraction of sp³-hybridized carbons (Fsp3) is 0.167. The van der Waals surface area contributed by atoms with E-state index >= 15 is 0 Å². The van der Waals surface area contributed by atoms with Crippen molar-refractivity contribution < 1.29 is 9.18 Å². The Morgan fingerprint density at radius 3 is 2.38 bits per heavy atom. The molecule has 0 atom stereocenters. The van der Waals surface area contributed by atoms with Crippen molar-refractivity contribution >= 4 is 5.78 Å². The average Bonchev–Trinajstić information content (AvgIpc) is 3.01. The monoisotopic (exact) mass is 281 g/mol. The number of hydrogen-bond donors (Lipinski definition) is 0. The molecule has 0 amide bonds. The van der Waals surface area contributed by atoms with E-state index in [9.17, 15) is 9.18 Å². The number of carbonyl (C=O) groups excluding carboxylic acids is 1. The highest BCUT2D eigenvalue weighted by atomic mass is 19.1. The smallest absolute Gasteiger partial charge is 0.193 e. The zero-order valence-electron chi connectivity index (χ0n) is 11.6. The maximum Gasteiger partial charge on any atom is 0.193 e. The van der Waals surface area contributed by atoms with E-state index in [-0.39, 0.29) is 11.6 Å². The van der Waals surface area contributed by atoms with Crippen molar-refractivity contribution in [2.75, 3.05) is 13.1 Å². The van der Waals surface area contributed by atoms with E-state index in [2.05, 4.69) is 17.1 Å². The summed E-state index contributed by atoms with van der Waals surface area (Å²) in [5, 5.41) is 0. The molecule has 3 rings (SSSR count). The molecule has 0 unspecified atom stereocenters. The maximum atomic E-state index is 13.0. The number of carbonyl (C=O) groups is 1. The fourth-order valence-corrected chi connectivity index (χ4v) is 2.53. The predicted octanol–water partition coefficient (Wildman–Crippen LogP) is 3.43. The summed E-state index contributed by atoms with van der Waals surface area (Å²) < 4.78 is 13.0. The summed E-state index contributed by atoms with van der Waals surface area (Å²) in [6.45, 7) is 2.58. The molecule has 0 bridgehead atoms. The summed E-state index contributed by atoms with van der Waals surface area (Å²) in [7, 11) is 0. The van der Waals surface area contributed by atoms with Crippen LogP contribution >= 0.6 is 0 Å². The Bertz CT molecular complexity index is 668. The highest BCUT2D eigenvalue weighted by molar-refractivity contribution is 6.09. The van der Waals surface area contributed by atoms with Gasteiger partial charge in [-0.05, 0) is 29.8 Å². The molecule has 0 fully saturated rings. The second kappa shape index (κ2) is 6.02. The van der Waals surface area contributed by atoms with Gasteiger partial charge in [-0.25, -0.2) is 4.39 Å². The van der Waals surface area contributed by atoms with Gasteiger partial charge in [0.15, 0.2) is 5.78 Å². The van der Waals surface area contributed by atoms with Gasteiger partial charge in [0, 0.05) is 30.8 Å². The van der Waals surface area contributed by atoms with Crippen molar-refractivity contribution in [1.29, 1.82) is 0 Å². The molecule has 0 saturated carbocycles. The molecule has 2 aromatic carbocycles. The fourth-order valence-electron chi connectivity index (χ4n) is 2.53. The highest BCUT2D eigenvalue weighted by Crippen LogP contribution is 2.18. The molecule has 0 aliphatic carbocycles. The minimum Gasteiger partial charge on any atom is -0.292 e.